The number of aliphatic hydroxyl groups is 7. The number of aliphatic hydroxyl groups excluding tert-OH is 7. The molecular weight excluding hydrogens is 925 g/mol. The molecule has 0 aromatic carbocycles. The molecule has 2 amide bonds. The predicted molar refractivity (Wildman–Crippen MR) is 297 cm³/mol. The summed E-state index contributed by atoms with van der Waals surface area (Å²) in [5.41, 5.74) is 0. The van der Waals surface area contributed by atoms with Gasteiger partial charge >= 0.3 is 12.2 Å². The van der Waals surface area contributed by atoms with Crippen molar-refractivity contribution in [2.24, 2.45) is 35.5 Å². The van der Waals surface area contributed by atoms with Crippen LogP contribution in [0, 0.1) is 35.5 Å². The van der Waals surface area contributed by atoms with Crippen LogP contribution in [0.15, 0.2) is 0 Å². The fourth-order valence-corrected chi connectivity index (χ4v) is 4.65. The van der Waals surface area contributed by atoms with Crippen LogP contribution in [0.4, 0.5) is 9.59 Å². The van der Waals surface area contributed by atoms with Crippen LogP contribution in [0.1, 0.15) is 188 Å². The lowest BCUT2D eigenvalue weighted by Crippen LogP contribution is -2.37. The summed E-state index contributed by atoms with van der Waals surface area (Å²) in [4.78, 5) is 22.1. The van der Waals surface area contributed by atoms with Gasteiger partial charge in [0.1, 0.15) is 0 Å². The normalized spacial score (nSPS) is 13.0. The van der Waals surface area contributed by atoms with Crippen molar-refractivity contribution in [1.82, 2.24) is 21.3 Å². The first kappa shape index (κ1) is 81.5. The van der Waals surface area contributed by atoms with Crippen molar-refractivity contribution >= 4 is 12.2 Å². The van der Waals surface area contributed by atoms with E-state index in [1.807, 2.05) is 34.6 Å². The lowest BCUT2D eigenvalue weighted by molar-refractivity contribution is 0.00654. The van der Waals surface area contributed by atoms with Crippen molar-refractivity contribution in [2.45, 2.75) is 225 Å². The van der Waals surface area contributed by atoms with Crippen molar-refractivity contribution < 1.29 is 64.3 Å². The number of nitrogens with one attached hydrogen (secondary N) is 4. The van der Waals surface area contributed by atoms with Gasteiger partial charge in [0.2, 0.25) is 0 Å². The van der Waals surface area contributed by atoms with E-state index in [0.29, 0.717) is 62.3 Å². The smallest absolute Gasteiger partial charge is 0.407 e. The van der Waals surface area contributed by atoms with Gasteiger partial charge in [0.05, 0.1) is 82.7 Å². The highest BCUT2D eigenvalue weighted by molar-refractivity contribution is 5.67. The average Bonchev–Trinajstić information content (AvgIpc) is 3.33. The van der Waals surface area contributed by atoms with E-state index in [9.17, 15) is 9.59 Å². The standard InChI is InChI=1S/2C10H21NO3.C9H21NO.2C9H20O2.C8H19NO2/c1-4-9(7-12)11-10(13)14-6-5-8(2)3;1-4-9(12)7-11-10(13)14-6-5-8(2)3;1-4-9(11)7-10-6-5-8(2)3;1-4-9(10)7-11-6-5-8(2)3;1-4-9(7-10)11-6-5-8(2)3;1-7(2)3-4-9-8(5-10)6-11/h2*8-9,12H,4-7H2,1-3H3,(H,11,13);8-11H,4-7H2,1-3H3;2*8-10H,4-7H2,1-3H3;7-11H,3-6H2,1-2H3. The van der Waals surface area contributed by atoms with Crippen LogP contribution in [-0.4, -0.2) is 170 Å². The van der Waals surface area contributed by atoms with Gasteiger partial charge in [-0.3, -0.25) is 0 Å². The van der Waals surface area contributed by atoms with E-state index in [-0.39, 0.29) is 63.4 Å². The molecule has 0 heterocycles. The fraction of sp³-hybridized carbons (Fsp3) is 0.964. The Morgan fingerprint density at radius 3 is 1.26 bits per heavy atom. The van der Waals surface area contributed by atoms with E-state index < -0.39 is 18.3 Å². The third-order valence-corrected chi connectivity index (χ3v) is 10.5. The van der Waals surface area contributed by atoms with E-state index in [0.717, 1.165) is 90.1 Å². The Morgan fingerprint density at radius 2 is 0.861 bits per heavy atom. The van der Waals surface area contributed by atoms with E-state index >= 15 is 0 Å². The number of ether oxygens (including phenoxy) is 4. The van der Waals surface area contributed by atoms with Crippen molar-refractivity contribution in [2.75, 3.05) is 85.6 Å². The predicted octanol–water partition coefficient (Wildman–Crippen LogP) is 8.07. The number of carbonyl (C=O) groups excluding carboxylic acids is 2. The summed E-state index contributed by atoms with van der Waals surface area (Å²) in [7, 11) is 0. The highest BCUT2D eigenvalue weighted by Gasteiger charge is 2.10. The summed E-state index contributed by atoms with van der Waals surface area (Å²) in [6, 6.07) is -0.338. The summed E-state index contributed by atoms with van der Waals surface area (Å²) in [6.45, 7) is 41.3. The number of hydrogen-bond acceptors (Lipinski definition) is 15. The number of amides is 2. The third kappa shape index (κ3) is 77.0. The topological polar surface area (TPSA) is 261 Å². The summed E-state index contributed by atoms with van der Waals surface area (Å²) in [6.07, 6.45) is 8.26. The molecule has 0 aliphatic carbocycles. The highest BCUT2D eigenvalue weighted by atomic mass is 16.6. The molecule has 0 aromatic rings. The van der Waals surface area contributed by atoms with E-state index in [4.69, 9.17) is 54.7 Å². The van der Waals surface area contributed by atoms with Crippen LogP contribution >= 0.6 is 0 Å². The molecule has 0 aromatic heterocycles. The van der Waals surface area contributed by atoms with Crippen LogP contribution in [-0.2, 0) is 18.9 Å². The molecule has 0 saturated carbocycles. The van der Waals surface area contributed by atoms with Gasteiger partial charge in [0.15, 0.2) is 0 Å². The van der Waals surface area contributed by atoms with Gasteiger partial charge in [0.25, 0.3) is 0 Å². The summed E-state index contributed by atoms with van der Waals surface area (Å²) >= 11 is 0. The molecule has 0 saturated heterocycles. The second-order valence-corrected chi connectivity index (χ2v) is 20.7. The first-order valence-electron chi connectivity index (χ1n) is 27.8. The van der Waals surface area contributed by atoms with Gasteiger partial charge in [-0.05, 0) is 119 Å². The zero-order valence-electron chi connectivity index (χ0n) is 49.5. The quantitative estimate of drug-likeness (QED) is 0.0265. The number of alkyl carbamates (subject to hydrolysis) is 2. The second kappa shape index (κ2) is 61.6. The Morgan fingerprint density at radius 1 is 0.444 bits per heavy atom. The minimum atomic E-state index is -0.479. The van der Waals surface area contributed by atoms with Crippen LogP contribution in [0.25, 0.3) is 0 Å². The van der Waals surface area contributed by atoms with Crippen LogP contribution in [0.2, 0.25) is 0 Å². The Balaban J connectivity index is -0.000000182. The van der Waals surface area contributed by atoms with Gasteiger partial charge in [0, 0.05) is 26.3 Å². The minimum absolute atomic E-state index is 0.00853. The van der Waals surface area contributed by atoms with E-state index in [2.05, 4.69) is 104 Å². The van der Waals surface area contributed by atoms with E-state index in [1.165, 1.54) is 6.42 Å². The molecule has 0 bridgehead atoms. The molecule has 0 rings (SSSR count). The second-order valence-electron chi connectivity index (χ2n) is 20.7. The van der Waals surface area contributed by atoms with Crippen molar-refractivity contribution in [3.63, 3.8) is 0 Å². The summed E-state index contributed by atoms with van der Waals surface area (Å²) < 4.78 is 20.5. The van der Waals surface area contributed by atoms with Gasteiger partial charge in [-0.1, -0.05) is 118 Å². The number of hydrogen-bond donors (Lipinski definition) is 11. The molecule has 0 spiro atoms. The average molecular weight is 1050 g/mol. The zero-order chi connectivity index (χ0) is 56.7. The van der Waals surface area contributed by atoms with E-state index in [1.54, 1.807) is 0 Å². The molecule has 0 radical (unpaired) electrons. The Bertz CT molecular complexity index is 1010. The first-order valence-corrected chi connectivity index (χ1v) is 27.8. The molecule has 11 N–H and O–H groups in total. The maximum Gasteiger partial charge on any atom is 0.407 e. The Kier molecular flexibility index (Phi) is 69.7. The lowest BCUT2D eigenvalue weighted by Gasteiger charge is -2.14. The molecule has 5 atom stereocenters. The zero-order valence-corrected chi connectivity index (χ0v) is 49.5. The largest absolute Gasteiger partial charge is 0.450 e. The van der Waals surface area contributed by atoms with Crippen LogP contribution in [0.3, 0.4) is 0 Å². The SMILES string of the molecule is CC(C)CCNC(CO)CO.CCC(CO)NC(=O)OCCC(C)C.CCC(CO)OCCC(C)C.CCC(O)CNC(=O)OCCC(C)C.CCC(O)CNCCC(C)C.CCC(O)COCCC(C)C. The molecule has 0 aliphatic heterocycles. The molecule has 17 heteroatoms. The Labute approximate surface area is 442 Å². The molecule has 5 unspecified atom stereocenters. The summed E-state index contributed by atoms with van der Waals surface area (Å²) in [5, 5.41) is 73.7. The van der Waals surface area contributed by atoms with Crippen molar-refractivity contribution in [3.05, 3.63) is 0 Å². The lowest BCUT2D eigenvalue weighted by atomic mass is 10.1. The van der Waals surface area contributed by atoms with Gasteiger partial charge in [-0.15, -0.1) is 0 Å². The monoisotopic (exact) mass is 1050 g/mol. The highest BCUT2D eigenvalue weighted by Crippen LogP contribution is 2.04. The van der Waals surface area contributed by atoms with Gasteiger partial charge in [-0.2, -0.15) is 0 Å². The summed E-state index contributed by atoms with van der Waals surface area (Å²) in [5.74, 6) is 3.86. The molecule has 0 aliphatic rings. The number of carbonyl (C=O) groups is 2. The molecule has 17 nitrogen and oxygen atoms in total. The fourth-order valence-electron chi connectivity index (χ4n) is 4.65. The van der Waals surface area contributed by atoms with Crippen LogP contribution < -0.4 is 21.3 Å². The van der Waals surface area contributed by atoms with Crippen LogP contribution in [0.5, 0.6) is 0 Å². The maximum atomic E-state index is 11.1. The molecule has 72 heavy (non-hydrogen) atoms. The molecule has 0 fully saturated rings. The number of rotatable bonds is 36. The van der Waals surface area contributed by atoms with Gasteiger partial charge in [-0.25, -0.2) is 9.59 Å². The van der Waals surface area contributed by atoms with Crippen molar-refractivity contribution in [1.29, 1.82) is 0 Å². The minimum Gasteiger partial charge on any atom is -0.450 e. The third-order valence-electron chi connectivity index (χ3n) is 10.5. The molecular formula is C55H122N4O13. The van der Waals surface area contributed by atoms with Crippen molar-refractivity contribution in [3.8, 4) is 0 Å². The maximum absolute atomic E-state index is 11.1. The Hall–Kier alpha value is -1.90. The first-order chi connectivity index (χ1) is 33.9. The molecule has 440 valence electrons. The van der Waals surface area contributed by atoms with Gasteiger partial charge < -0.3 is 76.0 Å².